The molecule has 0 saturated heterocycles. The third kappa shape index (κ3) is 5.38. The molecule has 0 aromatic heterocycles. The number of primary sulfonamides is 1. The standard InChI is InChI=1S/C11H15N3O6S/c1-20-6-9(10(15)16)14-11(17)13-7-2-4-8(5-3-7)21(12,18)19/h2-5,9H,6H2,1H3,(H,15,16)(H2,12,18,19)(H2,13,14,17). The Kier molecular flexibility index (Phi) is 5.64. The summed E-state index contributed by atoms with van der Waals surface area (Å²) in [6.45, 7) is -0.187. The molecule has 0 saturated carbocycles. The van der Waals surface area contributed by atoms with Crippen LogP contribution in [0.1, 0.15) is 0 Å². The lowest BCUT2D eigenvalue weighted by atomic mass is 10.3. The Bertz CT molecular complexity index is 613. The van der Waals surface area contributed by atoms with Crippen molar-refractivity contribution in [1.29, 1.82) is 0 Å². The van der Waals surface area contributed by atoms with Gasteiger partial charge in [0.15, 0.2) is 6.04 Å². The first-order valence-corrected chi connectivity index (χ1v) is 7.21. The minimum absolute atomic E-state index is 0.101. The predicted molar refractivity (Wildman–Crippen MR) is 73.3 cm³/mol. The zero-order valence-electron chi connectivity index (χ0n) is 11.1. The lowest BCUT2D eigenvalue weighted by Gasteiger charge is -2.14. The number of anilines is 1. The summed E-state index contributed by atoms with van der Waals surface area (Å²) in [5.41, 5.74) is 0.279. The summed E-state index contributed by atoms with van der Waals surface area (Å²) in [5, 5.41) is 18.3. The number of amides is 2. The van der Waals surface area contributed by atoms with E-state index in [0.29, 0.717) is 0 Å². The van der Waals surface area contributed by atoms with Gasteiger partial charge >= 0.3 is 12.0 Å². The molecule has 0 radical (unpaired) electrons. The molecule has 1 unspecified atom stereocenters. The van der Waals surface area contributed by atoms with Crippen molar-refractivity contribution >= 4 is 27.7 Å². The van der Waals surface area contributed by atoms with E-state index in [2.05, 4.69) is 15.4 Å². The minimum atomic E-state index is -3.81. The van der Waals surface area contributed by atoms with E-state index in [9.17, 15) is 18.0 Å². The van der Waals surface area contributed by atoms with Gasteiger partial charge < -0.3 is 20.5 Å². The largest absolute Gasteiger partial charge is 0.480 e. The SMILES string of the molecule is COCC(NC(=O)Nc1ccc(S(N)(=O)=O)cc1)C(=O)O. The first kappa shape index (κ1) is 16.9. The average Bonchev–Trinajstić information content (AvgIpc) is 2.37. The zero-order valence-corrected chi connectivity index (χ0v) is 11.9. The van der Waals surface area contributed by atoms with Gasteiger partial charge in [-0.3, -0.25) is 0 Å². The molecular weight excluding hydrogens is 302 g/mol. The monoisotopic (exact) mass is 317 g/mol. The molecule has 0 spiro atoms. The van der Waals surface area contributed by atoms with E-state index in [1.807, 2.05) is 0 Å². The van der Waals surface area contributed by atoms with Crippen LogP contribution >= 0.6 is 0 Å². The number of benzene rings is 1. The number of ether oxygens (including phenoxy) is 1. The summed E-state index contributed by atoms with van der Waals surface area (Å²) in [5.74, 6) is -1.24. The molecule has 1 aromatic carbocycles. The predicted octanol–water partition coefficient (Wildman–Crippen LogP) is -0.445. The molecular formula is C11H15N3O6S. The first-order chi connectivity index (χ1) is 9.74. The molecule has 10 heteroatoms. The summed E-state index contributed by atoms with van der Waals surface area (Å²) in [7, 11) is -2.50. The Morgan fingerprint density at radius 1 is 1.33 bits per heavy atom. The average molecular weight is 317 g/mol. The Morgan fingerprint density at radius 2 is 1.90 bits per heavy atom. The van der Waals surface area contributed by atoms with Crippen LogP contribution in [0.4, 0.5) is 10.5 Å². The molecule has 21 heavy (non-hydrogen) atoms. The van der Waals surface area contributed by atoms with E-state index in [1.165, 1.54) is 31.4 Å². The number of carboxylic acid groups (broad SMARTS) is 1. The fourth-order valence-electron chi connectivity index (χ4n) is 1.39. The maximum Gasteiger partial charge on any atom is 0.328 e. The van der Waals surface area contributed by atoms with Crippen LogP contribution < -0.4 is 15.8 Å². The molecule has 0 aliphatic rings. The number of carbonyl (C=O) groups excluding carboxylic acids is 1. The molecule has 0 fully saturated rings. The summed E-state index contributed by atoms with van der Waals surface area (Å²) >= 11 is 0. The summed E-state index contributed by atoms with van der Waals surface area (Å²) < 4.78 is 26.8. The fraction of sp³-hybridized carbons (Fsp3) is 0.273. The van der Waals surface area contributed by atoms with Crippen molar-refractivity contribution in [3.8, 4) is 0 Å². The van der Waals surface area contributed by atoms with Crippen LogP contribution in [0.25, 0.3) is 0 Å². The van der Waals surface area contributed by atoms with Gasteiger partial charge in [-0.05, 0) is 24.3 Å². The molecule has 1 aromatic rings. The summed E-state index contributed by atoms with van der Waals surface area (Å²) in [4.78, 5) is 22.3. The minimum Gasteiger partial charge on any atom is -0.480 e. The number of hydrogen-bond acceptors (Lipinski definition) is 5. The van der Waals surface area contributed by atoms with E-state index in [0.717, 1.165) is 0 Å². The van der Waals surface area contributed by atoms with Crippen molar-refractivity contribution in [2.45, 2.75) is 10.9 Å². The number of nitrogens with one attached hydrogen (secondary N) is 2. The van der Waals surface area contributed by atoms with Crippen LogP contribution in [0, 0.1) is 0 Å². The molecule has 116 valence electrons. The van der Waals surface area contributed by atoms with E-state index >= 15 is 0 Å². The normalized spacial score (nSPS) is 12.5. The molecule has 0 aliphatic heterocycles. The number of methoxy groups -OCH3 is 1. The summed E-state index contributed by atoms with van der Waals surface area (Å²) in [6.07, 6.45) is 0. The van der Waals surface area contributed by atoms with Gasteiger partial charge in [0.2, 0.25) is 10.0 Å². The van der Waals surface area contributed by atoms with Gasteiger partial charge in [-0.15, -0.1) is 0 Å². The van der Waals surface area contributed by atoms with Crippen molar-refractivity contribution in [1.82, 2.24) is 5.32 Å². The van der Waals surface area contributed by atoms with Crippen molar-refractivity contribution in [2.75, 3.05) is 19.0 Å². The van der Waals surface area contributed by atoms with Crippen molar-refractivity contribution < 1.29 is 27.9 Å². The van der Waals surface area contributed by atoms with Crippen LogP contribution in [0.3, 0.4) is 0 Å². The van der Waals surface area contributed by atoms with E-state index in [-0.39, 0.29) is 17.2 Å². The molecule has 1 atom stereocenters. The van der Waals surface area contributed by atoms with Crippen LogP contribution in [0.5, 0.6) is 0 Å². The van der Waals surface area contributed by atoms with Gasteiger partial charge in [0.25, 0.3) is 0 Å². The number of nitrogens with two attached hydrogens (primary N) is 1. The molecule has 9 nitrogen and oxygen atoms in total. The van der Waals surface area contributed by atoms with Gasteiger partial charge in [-0.1, -0.05) is 0 Å². The maximum atomic E-state index is 11.6. The number of rotatable bonds is 6. The quantitative estimate of drug-likeness (QED) is 0.559. The van der Waals surface area contributed by atoms with Gasteiger partial charge in [0.05, 0.1) is 11.5 Å². The highest BCUT2D eigenvalue weighted by molar-refractivity contribution is 7.89. The van der Waals surface area contributed by atoms with Crippen molar-refractivity contribution in [3.05, 3.63) is 24.3 Å². The van der Waals surface area contributed by atoms with Gasteiger partial charge in [0, 0.05) is 12.8 Å². The number of carbonyl (C=O) groups is 2. The highest BCUT2D eigenvalue weighted by Gasteiger charge is 2.19. The van der Waals surface area contributed by atoms with Gasteiger partial charge in [-0.25, -0.2) is 23.1 Å². The van der Waals surface area contributed by atoms with Crippen LogP contribution in [-0.2, 0) is 19.6 Å². The third-order valence-electron chi connectivity index (χ3n) is 2.38. The molecule has 1 rings (SSSR count). The van der Waals surface area contributed by atoms with E-state index < -0.39 is 28.1 Å². The van der Waals surface area contributed by atoms with Crippen LogP contribution in [-0.4, -0.2) is 45.3 Å². The van der Waals surface area contributed by atoms with Crippen molar-refractivity contribution in [3.63, 3.8) is 0 Å². The highest BCUT2D eigenvalue weighted by Crippen LogP contribution is 2.12. The topological polar surface area (TPSA) is 148 Å². The maximum absolute atomic E-state index is 11.6. The molecule has 0 aliphatic carbocycles. The Morgan fingerprint density at radius 3 is 2.33 bits per heavy atom. The van der Waals surface area contributed by atoms with Gasteiger partial charge in [0.1, 0.15) is 0 Å². The van der Waals surface area contributed by atoms with Crippen LogP contribution in [0.15, 0.2) is 29.2 Å². The molecule has 5 N–H and O–H groups in total. The first-order valence-electron chi connectivity index (χ1n) is 5.66. The third-order valence-corrected chi connectivity index (χ3v) is 3.31. The van der Waals surface area contributed by atoms with Crippen molar-refractivity contribution in [2.24, 2.45) is 5.14 Å². The Labute approximate surface area is 121 Å². The number of sulfonamides is 1. The Balaban J connectivity index is 2.68. The lowest BCUT2D eigenvalue weighted by Crippen LogP contribution is -2.45. The van der Waals surface area contributed by atoms with E-state index in [1.54, 1.807) is 0 Å². The summed E-state index contributed by atoms with van der Waals surface area (Å²) in [6, 6.07) is 3.13. The lowest BCUT2D eigenvalue weighted by molar-refractivity contribution is -0.140. The molecule has 0 heterocycles. The van der Waals surface area contributed by atoms with Gasteiger partial charge in [-0.2, -0.15) is 0 Å². The highest BCUT2D eigenvalue weighted by atomic mass is 32.2. The number of hydrogen-bond donors (Lipinski definition) is 4. The van der Waals surface area contributed by atoms with Crippen LogP contribution in [0.2, 0.25) is 0 Å². The second kappa shape index (κ2) is 7.02. The second-order valence-corrected chi connectivity index (χ2v) is 5.58. The number of carboxylic acids is 1. The zero-order chi connectivity index (χ0) is 16.0. The second-order valence-electron chi connectivity index (χ2n) is 4.01. The number of aliphatic carboxylic acids is 1. The Hall–Kier alpha value is -2.17. The van der Waals surface area contributed by atoms with E-state index in [4.69, 9.17) is 10.2 Å². The molecule has 0 bridgehead atoms. The smallest absolute Gasteiger partial charge is 0.328 e. The fourth-order valence-corrected chi connectivity index (χ4v) is 1.91. The molecule has 2 amide bonds. The number of urea groups is 1.